The highest BCUT2D eigenvalue weighted by molar-refractivity contribution is 5.94. The second-order valence-electron chi connectivity index (χ2n) is 6.01. The zero-order valence-corrected chi connectivity index (χ0v) is 15.2. The molecule has 5 heteroatoms. The topological polar surface area (TPSA) is 67.4 Å². The smallest absolute Gasteiger partial charge is 0.251 e. The molecule has 0 aromatic heterocycles. The monoisotopic (exact) mass is 354 g/mol. The van der Waals surface area contributed by atoms with Crippen molar-refractivity contribution in [1.29, 1.82) is 0 Å². The molecular formula is C21H26N2O3. The second kappa shape index (κ2) is 11.1. The molecule has 0 aliphatic rings. The molecule has 0 spiro atoms. The Bertz CT molecular complexity index is 701. The Labute approximate surface area is 154 Å². The maximum Gasteiger partial charge on any atom is 0.251 e. The van der Waals surface area contributed by atoms with Crippen molar-refractivity contribution in [2.45, 2.75) is 25.8 Å². The number of ether oxygens (including phenoxy) is 1. The summed E-state index contributed by atoms with van der Waals surface area (Å²) >= 11 is 0. The van der Waals surface area contributed by atoms with Gasteiger partial charge in [0.2, 0.25) is 5.91 Å². The van der Waals surface area contributed by atoms with Crippen molar-refractivity contribution in [2.24, 2.45) is 0 Å². The highest BCUT2D eigenvalue weighted by atomic mass is 16.5. The molecule has 0 unspecified atom stereocenters. The average Bonchev–Trinajstić information content (AvgIpc) is 2.69. The molecular weight excluding hydrogens is 328 g/mol. The number of benzene rings is 2. The van der Waals surface area contributed by atoms with E-state index in [-0.39, 0.29) is 11.8 Å². The molecule has 0 aliphatic heterocycles. The standard InChI is InChI=1S/C21H26N2O3/c1-22-21(25)19-10-5-9-18(15-19)16-23-20(24)11-6-13-26-14-12-17-7-3-2-4-8-17/h2-5,7-10,15H,6,11-14,16H2,1H3,(H,22,25)(H,23,24). The lowest BCUT2D eigenvalue weighted by Crippen LogP contribution is -2.23. The molecule has 2 aromatic rings. The van der Waals surface area contributed by atoms with Gasteiger partial charge >= 0.3 is 0 Å². The summed E-state index contributed by atoms with van der Waals surface area (Å²) in [4.78, 5) is 23.5. The zero-order chi connectivity index (χ0) is 18.6. The molecule has 0 fully saturated rings. The van der Waals surface area contributed by atoms with Gasteiger partial charge in [0, 0.05) is 32.2 Å². The third-order valence-electron chi connectivity index (χ3n) is 3.98. The Morgan fingerprint density at radius 2 is 1.73 bits per heavy atom. The van der Waals surface area contributed by atoms with Crippen LogP contribution in [0, 0.1) is 0 Å². The first-order valence-corrected chi connectivity index (χ1v) is 8.88. The Morgan fingerprint density at radius 1 is 0.962 bits per heavy atom. The van der Waals surface area contributed by atoms with Crippen molar-refractivity contribution >= 4 is 11.8 Å². The van der Waals surface area contributed by atoms with Gasteiger partial charge in [0.15, 0.2) is 0 Å². The summed E-state index contributed by atoms with van der Waals surface area (Å²) in [6.45, 7) is 1.66. The molecule has 0 heterocycles. The normalized spacial score (nSPS) is 10.3. The molecule has 0 saturated carbocycles. The van der Waals surface area contributed by atoms with E-state index in [1.54, 1.807) is 19.2 Å². The first kappa shape index (κ1) is 19.7. The van der Waals surface area contributed by atoms with Gasteiger partial charge in [-0.1, -0.05) is 42.5 Å². The van der Waals surface area contributed by atoms with Crippen LogP contribution in [-0.2, 0) is 22.5 Å². The van der Waals surface area contributed by atoms with Crippen LogP contribution in [0.5, 0.6) is 0 Å². The lowest BCUT2D eigenvalue weighted by molar-refractivity contribution is -0.121. The predicted octanol–water partition coefficient (Wildman–Crippen LogP) is 2.70. The Hall–Kier alpha value is -2.66. The maximum absolute atomic E-state index is 11.9. The predicted molar refractivity (Wildman–Crippen MR) is 102 cm³/mol. The lowest BCUT2D eigenvalue weighted by atomic mass is 10.1. The average molecular weight is 354 g/mol. The quantitative estimate of drug-likeness (QED) is 0.645. The molecule has 0 bridgehead atoms. The second-order valence-corrected chi connectivity index (χ2v) is 6.01. The number of nitrogens with one attached hydrogen (secondary N) is 2. The fourth-order valence-electron chi connectivity index (χ4n) is 2.53. The number of amides is 2. The van der Waals surface area contributed by atoms with E-state index in [9.17, 15) is 9.59 Å². The third kappa shape index (κ3) is 7.07. The van der Waals surface area contributed by atoms with Crippen LogP contribution < -0.4 is 10.6 Å². The summed E-state index contributed by atoms with van der Waals surface area (Å²) in [7, 11) is 1.60. The van der Waals surface area contributed by atoms with Gasteiger partial charge in [-0.3, -0.25) is 9.59 Å². The summed E-state index contributed by atoms with van der Waals surface area (Å²) in [5.74, 6) is -0.146. The first-order chi connectivity index (χ1) is 12.7. The summed E-state index contributed by atoms with van der Waals surface area (Å²) < 4.78 is 5.58. The van der Waals surface area contributed by atoms with Gasteiger partial charge in [0.05, 0.1) is 6.61 Å². The number of carbonyl (C=O) groups excluding carboxylic acids is 2. The molecule has 2 amide bonds. The molecule has 5 nitrogen and oxygen atoms in total. The Morgan fingerprint density at radius 3 is 2.50 bits per heavy atom. The molecule has 138 valence electrons. The van der Waals surface area contributed by atoms with Crippen LogP contribution in [0.1, 0.15) is 34.3 Å². The van der Waals surface area contributed by atoms with Gasteiger partial charge in [-0.25, -0.2) is 0 Å². The van der Waals surface area contributed by atoms with E-state index in [4.69, 9.17) is 4.74 Å². The van der Waals surface area contributed by atoms with Crippen molar-refractivity contribution in [3.05, 3.63) is 71.3 Å². The lowest BCUT2D eigenvalue weighted by Gasteiger charge is -2.08. The van der Waals surface area contributed by atoms with Crippen molar-refractivity contribution in [3.8, 4) is 0 Å². The molecule has 0 saturated heterocycles. The summed E-state index contributed by atoms with van der Waals surface area (Å²) in [6.07, 6.45) is 2.01. The SMILES string of the molecule is CNC(=O)c1cccc(CNC(=O)CCCOCCc2ccccc2)c1. The fourth-order valence-corrected chi connectivity index (χ4v) is 2.53. The van der Waals surface area contributed by atoms with Crippen LogP contribution >= 0.6 is 0 Å². The molecule has 2 aromatic carbocycles. The van der Waals surface area contributed by atoms with E-state index in [2.05, 4.69) is 22.8 Å². The van der Waals surface area contributed by atoms with Crippen molar-refractivity contribution < 1.29 is 14.3 Å². The van der Waals surface area contributed by atoms with Crippen LogP contribution in [0.15, 0.2) is 54.6 Å². The number of carbonyl (C=O) groups is 2. The van der Waals surface area contributed by atoms with Gasteiger partial charge in [-0.05, 0) is 36.1 Å². The van der Waals surface area contributed by atoms with E-state index in [1.807, 2.05) is 30.3 Å². The first-order valence-electron chi connectivity index (χ1n) is 8.88. The van der Waals surface area contributed by atoms with Gasteiger partial charge in [0.1, 0.15) is 0 Å². The van der Waals surface area contributed by atoms with E-state index < -0.39 is 0 Å². The van der Waals surface area contributed by atoms with E-state index in [0.717, 1.165) is 12.0 Å². The van der Waals surface area contributed by atoms with Crippen molar-refractivity contribution in [1.82, 2.24) is 10.6 Å². The van der Waals surface area contributed by atoms with Crippen LogP contribution in [0.4, 0.5) is 0 Å². The highest BCUT2D eigenvalue weighted by Gasteiger charge is 2.05. The third-order valence-corrected chi connectivity index (χ3v) is 3.98. The molecule has 2 rings (SSSR count). The fraction of sp³-hybridized carbons (Fsp3) is 0.333. The van der Waals surface area contributed by atoms with Gasteiger partial charge < -0.3 is 15.4 Å². The minimum atomic E-state index is -0.133. The molecule has 0 radical (unpaired) electrons. The molecule has 26 heavy (non-hydrogen) atoms. The molecule has 0 aliphatic carbocycles. The van der Waals surface area contributed by atoms with Gasteiger partial charge in [-0.2, -0.15) is 0 Å². The zero-order valence-electron chi connectivity index (χ0n) is 15.2. The van der Waals surface area contributed by atoms with Crippen LogP contribution in [0.3, 0.4) is 0 Å². The van der Waals surface area contributed by atoms with Crippen LogP contribution in [0.25, 0.3) is 0 Å². The Balaban J connectivity index is 1.58. The minimum absolute atomic E-state index is 0.0120. The van der Waals surface area contributed by atoms with E-state index in [1.165, 1.54) is 5.56 Å². The van der Waals surface area contributed by atoms with Crippen molar-refractivity contribution in [2.75, 3.05) is 20.3 Å². The van der Waals surface area contributed by atoms with Gasteiger partial charge in [0.25, 0.3) is 5.91 Å². The number of rotatable bonds is 10. The molecule has 2 N–H and O–H groups in total. The summed E-state index contributed by atoms with van der Waals surface area (Å²) in [6, 6.07) is 17.4. The molecule has 0 atom stereocenters. The summed E-state index contributed by atoms with van der Waals surface area (Å²) in [5.41, 5.74) is 2.74. The van der Waals surface area contributed by atoms with E-state index in [0.29, 0.717) is 38.2 Å². The summed E-state index contributed by atoms with van der Waals surface area (Å²) in [5, 5.41) is 5.46. The van der Waals surface area contributed by atoms with Crippen LogP contribution in [0.2, 0.25) is 0 Å². The minimum Gasteiger partial charge on any atom is -0.381 e. The van der Waals surface area contributed by atoms with E-state index >= 15 is 0 Å². The Kier molecular flexibility index (Phi) is 8.36. The highest BCUT2D eigenvalue weighted by Crippen LogP contribution is 2.05. The largest absolute Gasteiger partial charge is 0.381 e. The van der Waals surface area contributed by atoms with Crippen molar-refractivity contribution in [3.63, 3.8) is 0 Å². The maximum atomic E-state index is 11.9. The van der Waals surface area contributed by atoms with Gasteiger partial charge in [-0.15, -0.1) is 0 Å². The number of hydrogen-bond acceptors (Lipinski definition) is 3. The number of hydrogen-bond donors (Lipinski definition) is 2. The van der Waals surface area contributed by atoms with Crippen LogP contribution in [-0.4, -0.2) is 32.1 Å².